The van der Waals surface area contributed by atoms with Gasteiger partial charge in [-0.25, -0.2) is 0 Å². The fourth-order valence-electron chi connectivity index (χ4n) is 1.13. The van der Waals surface area contributed by atoms with Crippen LogP contribution in [0.1, 0.15) is 23.7 Å². The van der Waals surface area contributed by atoms with Gasteiger partial charge in [0.2, 0.25) is 0 Å². The summed E-state index contributed by atoms with van der Waals surface area (Å²) in [5.74, 6) is -0.820. The molecule has 1 rings (SSSR count). The molecule has 0 aliphatic heterocycles. The van der Waals surface area contributed by atoms with Crippen LogP contribution in [0.15, 0.2) is 29.2 Å². The van der Waals surface area contributed by atoms with E-state index in [0.29, 0.717) is 12.0 Å². The van der Waals surface area contributed by atoms with Gasteiger partial charge >= 0.3 is 5.97 Å². The summed E-state index contributed by atoms with van der Waals surface area (Å²) < 4.78 is 0. The molecule has 1 N–H and O–H groups in total. The zero-order chi connectivity index (χ0) is 11.3. The van der Waals surface area contributed by atoms with Crippen molar-refractivity contribution < 1.29 is 14.7 Å². The number of aliphatic carboxylic acids is 1. The summed E-state index contributed by atoms with van der Waals surface area (Å²) >= 11 is 1.27. The molecule has 3 nitrogen and oxygen atoms in total. The molecule has 0 heterocycles. The van der Waals surface area contributed by atoms with Crippen molar-refractivity contribution in [2.24, 2.45) is 0 Å². The van der Waals surface area contributed by atoms with E-state index in [0.717, 1.165) is 11.2 Å². The van der Waals surface area contributed by atoms with Crippen LogP contribution in [0.3, 0.4) is 0 Å². The standard InChI is InChI=1S/C11H12O3S/c1-2-10(11(13)14)15-9-5-3-4-8(6-9)7-12/h3-7,10H,2H2,1H3,(H,13,14). The van der Waals surface area contributed by atoms with Gasteiger partial charge in [-0.3, -0.25) is 9.59 Å². The van der Waals surface area contributed by atoms with Crippen LogP contribution in [-0.4, -0.2) is 22.6 Å². The number of thioether (sulfide) groups is 1. The van der Waals surface area contributed by atoms with Gasteiger partial charge in [0.15, 0.2) is 0 Å². The lowest BCUT2D eigenvalue weighted by Gasteiger charge is -2.09. The molecular formula is C11H12O3S. The minimum atomic E-state index is -0.820. The molecule has 0 amide bonds. The van der Waals surface area contributed by atoms with Gasteiger partial charge in [0.25, 0.3) is 0 Å². The molecule has 0 saturated heterocycles. The second-order valence-corrected chi connectivity index (χ2v) is 4.32. The number of hydrogen-bond acceptors (Lipinski definition) is 3. The molecule has 0 aliphatic rings. The van der Waals surface area contributed by atoms with Crippen LogP contribution in [0.25, 0.3) is 0 Å². The van der Waals surface area contributed by atoms with Gasteiger partial charge in [0, 0.05) is 10.5 Å². The van der Waals surface area contributed by atoms with Crippen molar-refractivity contribution in [3.05, 3.63) is 29.8 Å². The van der Waals surface area contributed by atoms with Crippen molar-refractivity contribution in [3.8, 4) is 0 Å². The molecule has 0 radical (unpaired) electrons. The third kappa shape index (κ3) is 3.40. The van der Waals surface area contributed by atoms with Crippen molar-refractivity contribution in [3.63, 3.8) is 0 Å². The van der Waals surface area contributed by atoms with Crippen LogP contribution in [0.5, 0.6) is 0 Å². The monoisotopic (exact) mass is 224 g/mol. The highest BCUT2D eigenvalue weighted by molar-refractivity contribution is 8.00. The first-order chi connectivity index (χ1) is 7.17. The zero-order valence-corrected chi connectivity index (χ0v) is 9.16. The second kappa shape index (κ2) is 5.56. The van der Waals surface area contributed by atoms with Gasteiger partial charge < -0.3 is 5.11 Å². The molecule has 1 atom stereocenters. The normalized spacial score (nSPS) is 12.1. The number of carboxylic acids is 1. The highest BCUT2D eigenvalue weighted by atomic mass is 32.2. The van der Waals surface area contributed by atoms with Gasteiger partial charge in [0.1, 0.15) is 11.5 Å². The number of benzene rings is 1. The molecule has 1 unspecified atom stereocenters. The maximum Gasteiger partial charge on any atom is 0.316 e. The van der Waals surface area contributed by atoms with Gasteiger partial charge in [0.05, 0.1) is 0 Å². The molecule has 80 valence electrons. The summed E-state index contributed by atoms with van der Waals surface area (Å²) in [5.41, 5.74) is 0.570. The molecule has 1 aromatic carbocycles. The first kappa shape index (κ1) is 11.8. The molecule has 1 aromatic rings. The molecule has 0 bridgehead atoms. The Labute approximate surface area is 92.5 Å². The molecule has 0 fully saturated rings. The molecule has 0 spiro atoms. The molecule has 0 aromatic heterocycles. The second-order valence-electron chi connectivity index (χ2n) is 3.04. The lowest BCUT2D eigenvalue weighted by Crippen LogP contribution is -2.14. The summed E-state index contributed by atoms with van der Waals surface area (Å²) in [6, 6.07) is 6.95. The number of hydrogen-bond donors (Lipinski definition) is 1. The van der Waals surface area contributed by atoms with E-state index in [1.54, 1.807) is 18.2 Å². The topological polar surface area (TPSA) is 54.4 Å². The maximum absolute atomic E-state index is 10.8. The summed E-state index contributed by atoms with van der Waals surface area (Å²) in [5, 5.41) is 8.42. The van der Waals surface area contributed by atoms with E-state index in [-0.39, 0.29) is 0 Å². The quantitative estimate of drug-likeness (QED) is 0.616. The smallest absolute Gasteiger partial charge is 0.316 e. The Morgan fingerprint density at radius 1 is 1.60 bits per heavy atom. The van der Waals surface area contributed by atoms with Crippen molar-refractivity contribution in [1.29, 1.82) is 0 Å². The van der Waals surface area contributed by atoms with E-state index >= 15 is 0 Å². The highest BCUT2D eigenvalue weighted by Crippen LogP contribution is 2.25. The van der Waals surface area contributed by atoms with E-state index in [1.165, 1.54) is 11.8 Å². The highest BCUT2D eigenvalue weighted by Gasteiger charge is 2.16. The number of aldehydes is 1. The summed E-state index contributed by atoms with van der Waals surface area (Å²) in [7, 11) is 0. The van der Waals surface area contributed by atoms with Crippen LogP contribution in [0.4, 0.5) is 0 Å². The average molecular weight is 224 g/mol. The van der Waals surface area contributed by atoms with Crippen LogP contribution >= 0.6 is 11.8 Å². The van der Waals surface area contributed by atoms with Crippen molar-refractivity contribution in [1.82, 2.24) is 0 Å². The summed E-state index contributed by atoms with van der Waals surface area (Å²) in [4.78, 5) is 22.1. The Balaban J connectivity index is 2.78. The Kier molecular flexibility index (Phi) is 4.37. The van der Waals surface area contributed by atoms with Crippen LogP contribution in [-0.2, 0) is 4.79 Å². The molecule has 15 heavy (non-hydrogen) atoms. The molecular weight excluding hydrogens is 212 g/mol. The summed E-state index contributed by atoms with van der Waals surface area (Å²) in [6.45, 7) is 1.83. The number of carbonyl (C=O) groups excluding carboxylic acids is 1. The fourth-order valence-corrected chi connectivity index (χ4v) is 2.09. The molecule has 4 heteroatoms. The first-order valence-corrected chi connectivity index (χ1v) is 5.50. The Bertz CT molecular complexity index is 363. The van der Waals surface area contributed by atoms with Crippen LogP contribution in [0.2, 0.25) is 0 Å². The largest absolute Gasteiger partial charge is 0.480 e. The number of rotatable bonds is 5. The van der Waals surface area contributed by atoms with E-state index in [9.17, 15) is 9.59 Å². The predicted octanol–water partition coefficient (Wildman–Crippen LogP) is 2.45. The van der Waals surface area contributed by atoms with Crippen LogP contribution < -0.4 is 0 Å². The minimum absolute atomic E-state index is 0.452. The van der Waals surface area contributed by atoms with E-state index in [4.69, 9.17) is 5.11 Å². The summed E-state index contributed by atoms with van der Waals surface area (Å²) in [6.07, 6.45) is 1.32. The van der Waals surface area contributed by atoms with Crippen molar-refractivity contribution in [2.75, 3.05) is 0 Å². The van der Waals surface area contributed by atoms with Gasteiger partial charge in [-0.05, 0) is 18.6 Å². The Morgan fingerprint density at radius 2 is 2.33 bits per heavy atom. The lowest BCUT2D eigenvalue weighted by molar-refractivity contribution is -0.136. The molecule has 0 saturated carbocycles. The SMILES string of the molecule is CCC(Sc1cccc(C=O)c1)C(=O)O. The first-order valence-electron chi connectivity index (χ1n) is 4.62. The number of carboxylic acid groups (broad SMARTS) is 1. The zero-order valence-electron chi connectivity index (χ0n) is 8.34. The third-order valence-corrected chi connectivity index (χ3v) is 3.26. The van der Waals surface area contributed by atoms with Gasteiger partial charge in [-0.2, -0.15) is 0 Å². The van der Waals surface area contributed by atoms with Crippen molar-refractivity contribution >= 4 is 24.0 Å². The lowest BCUT2D eigenvalue weighted by atomic mass is 10.2. The van der Waals surface area contributed by atoms with Crippen LogP contribution in [0, 0.1) is 0 Å². The van der Waals surface area contributed by atoms with Gasteiger partial charge in [-0.15, -0.1) is 11.8 Å². The van der Waals surface area contributed by atoms with Crippen molar-refractivity contribution in [2.45, 2.75) is 23.5 Å². The Hall–Kier alpha value is -1.29. The maximum atomic E-state index is 10.8. The fraction of sp³-hybridized carbons (Fsp3) is 0.273. The average Bonchev–Trinajstić information content (AvgIpc) is 2.25. The third-order valence-electron chi connectivity index (χ3n) is 1.92. The Morgan fingerprint density at radius 3 is 2.87 bits per heavy atom. The molecule has 0 aliphatic carbocycles. The van der Waals surface area contributed by atoms with E-state index in [2.05, 4.69) is 0 Å². The van der Waals surface area contributed by atoms with E-state index < -0.39 is 11.2 Å². The minimum Gasteiger partial charge on any atom is -0.480 e. The van der Waals surface area contributed by atoms with Gasteiger partial charge in [-0.1, -0.05) is 19.1 Å². The van der Waals surface area contributed by atoms with E-state index in [1.807, 2.05) is 13.0 Å². The number of carbonyl (C=O) groups is 2. The predicted molar refractivity (Wildman–Crippen MR) is 59.4 cm³/mol.